The molecule has 1 aromatic carbocycles. The summed E-state index contributed by atoms with van der Waals surface area (Å²) < 4.78 is 7.72. The van der Waals surface area contributed by atoms with E-state index >= 15 is 0 Å². The Bertz CT molecular complexity index is 586. The number of aromatic nitrogens is 2. The fourth-order valence-corrected chi connectivity index (χ4v) is 1.97. The van der Waals surface area contributed by atoms with E-state index in [1.54, 1.807) is 12.1 Å². The lowest BCUT2D eigenvalue weighted by Gasteiger charge is -2.08. The molecule has 0 radical (unpaired) electrons. The van der Waals surface area contributed by atoms with Gasteiger partial charge in [-0.2, -0.15) is 5.10 Å². The molecule has 0 saturated heterocycles. The van der Waals surface area contributed by atoms with E-state index in [9.17, 15) is 0 Å². The summed E-state index contributed by atoms with van der Waals surface area (Å²) in [5.74, 6) is 0.824. The van der Waals surface area contributed by atoms with Crippen LogP contribution in [-0.2, 0) is 19.6 Å². The number of hydrogen-bond acceptors (Lipinski definition) is 3. The van der Waals surface area contributed by atoms with Gasteiger partial charge in [-0.3, -0.25) is 10.1 Å². The van der Waals surface area contributed by atoms with Crippen molar-refractivity contribution in [1.29, 1.82) is 5.41 Å². The van der Waals surface area contributed by atoms with Gasteiger partial charge in [0.25, 0.3) is 0 Å². The van der Waals surface area contributed by atoms with Gasteiger partial charge in [-0.05, 0) is 43.7 Å². The van der Waals surface area contributed by atoms with E-state index in [0.717, 1.165) is 30.1 Å². The first-order valence-electron chi connectivity index (χ1n) is 6.76. The molecule has 2 rings (SSSR count). The molecule has 2 aromatic rings. The summed E-state index contributed by atoms with van der Waals surface area (Å²) in [6.07, 6.45) is 0.924. The van der Waals surface area contributed by atoms with Crippen LogP contribution in [0.1, 0.15) is 30.8 Å². The lowest BCUT2D eigenvalue weighted by atomic mass is 10.2. The molecule has 0 aliphatic carbocycles. The second-order valence-corrected chi connectivity index (χ2v) is 4.52. The summed E-state index contributed by atoms with van der Waals surface area (Å²) in [5.41, 5.74) is 8.26. The predicted octanol–water partition coefficient (Wildman–Crippen LogP) is 2.33. The van der Waals surface area contributed by atoms with E-state index in [0.29, 0.717) is 12.2 Å². The lowest BCUT2D eigenvalue weighted by Crippen LogP contribution is -2.10. The Kier molecular flexibility index (Phi) is 4.40. The van der Waals surface area contributed by atoms with Crippen molar-refractivity contribution >= 4 is 5.84 Å². The van der Waals surface area contributed by atoms with Crippen LogP contribution in [-0.4, -0.2) is 15.6 Å². The topological polar surface area (TPSA) is 76.9 Å². The molecule has 0 aliphatic heterocycles. The maximum Gasteiger partial charge on any atom is 0.130 e. The highest BCUT2D eigenvalue weighted by molar-refractivity contribution is 5.94. The predicted molar refractivity (Wildman–Crippen MR) is 79.1 cm³/mol. The van der Waals surface area contributed by atoms with Crippen molar-refractivity contribution < 1.29 is 4.74 Å². The number of hydrogen-bond donors (Lipinski definition) is 2. The number of benzene rings is 1. The van der Waals surface area contributed by atoms with Crippen molar-refractivity contribution in [1.82, 2.24) is 9.78 Å². The lowest BCUT2D eigenvalue weighted by molar-refractivity contribution is 0.292. The van der Waals surface area contributed by atoms with Gasteiger partial charge in [0.1, 0.15) is 18.2 Å². The molecule has 3 N–H and O–H groups in total. The van der Waals surface area contributed by atoms with Crippen LogP contribution in [0.15, 0.2) is 30.3 Å². The van der Waals surface area contributed by atoms with Gasteiger partial charge >= 0.3 is 0 Å². The fourth-order valence-electron chi connectivity index (χ4n) is 1.97. The third-order valence-electron chi connectivity index (χ3n) is 3.13. The average Bonchev–Trinajstić information content (AvgIpc) is 2.88. The normalized spacial score (nSPS) is 10.5. The number of amidine groups is 1. The maximum absolute atomic E-state index is 7.34. The van der Waals surface area contributed by atoms with Crippen LogP contribution in [0.5, 0.6) is 5.75 Å². The van der Waals surface area contributed by atoms with Gasteiger partial charge in [0.05, 0.1) is 11.4 Å². The van der Waals surface area contributed by atoms with E-state index in [4.69, 9.17) is 15.9 Å². The Morgan fingerprint density at radius 1 is 1.30 bits per heavy atom. The smallest absolute Gasteiger partial charge is 0.130 e. The Balaban J connectivity index is 2.04. The number of aryl methyl sites for hydroxylation is 2. The fraction of sp³-hybridized carbons (Fsp3) is 0.333. The van der Waals surface area contributed by atoms with Crippen LogP contribution in [0.3, 0.4) is 0 Å². The van der Waals surface area contributed by atoms with Crippen LogP contribution in [0.25, 0.3) is 0 Å². The largest absolute Gasteiger partial charge is 0.487 e. The number of nitrogens with one attached hydrogen (secondary N) is 1. The molecule has 5 heteroatoms. The van der Waals surface area contributed by atoms with Crippen molar-refractivity contribution in [3.63, 3.8) is 0 Å². The molecule has 20 heavy (non-hydrogen) atoms. The van der Waals surface area contributed by atoms with Crippen LogP contribution >= 0.6 is 0 Å². The molecule has 0 unspecified atom stereocenters. The minimum absolute atomic E-state index is 0.0631. The molecule has 0 atom stereocenters. The molecule has 0 amide bonds. The second kappa shape index (κ2) is 6.23. The maximum atomic E-state index is 7.34. The molecule has 0 saturated carbocycles. The average molecular weight is 272 g/mol. The number of nitrogens with zero attached hydrogens (tertiary/aromatic N) is 2. The van der Waals surface area contributed by atoms with Gasteiger partial charge in [-0.25, -0.2) is 0 Å². The minimum atomic E-state index is 0.0631. The molecule has 0 bridgehead atoms. The summed E-state index contributed by atoms with van der Waals surface area (Å²) in [5, 5.41) is 11.8. The molecule has 106 valence electrons. The van der Waals surface area contributed by atoms with Crippen molar-refractivity contribution in [2.24, 2.45) is 5.73 Å². The molecule has 0 fully saturated rings. The highest BCUT2D eigenvalue weighted by Crippen LogP contribution is 2.15. The van der Waals surface area contributed by atoms with E-state index < -0.39 is 0 Å². The van der Waals surface area contributed by atoms with Crippen molar-refractivity contribution in [2.75, 3.05) is 0 Å². The zero-order valence-electron chi connectivity index (χ0n) is 11.9. The van der Waals surface area contributed by atoms with E-state index in [2.05, 4.69) is 25.0 Å². The second-order valence-electron chi connectivity index (χ2n) is 4.52. The highest BCUT2D eigenvalue weighted by atomic mass is 16.5. The quantitative estimate of drug-likeness (QED) is 0.626. The standard InChI is InChI=1S/C15H20N4O/c1-3-12-9-13(19(4-2)18-12)10-20-14-7-5-11(6-8-14)15(16)17/h5-9H,3-4,10H2,1-2H3,(H3,16,17). The minimum Gasteiger partial charge on any atom is -0.487 e. The Morgan fingerprint density at radius 2 is 2.00 bits per heavy atom. The Labute approximate surface area is 118 Å². The first-order valence-corrected chi connectivity index (χ1v) is 6.76. The van der Waals surface area contributed by atoms with Gasteiger partial charge in [-0.1, -0.05) is 6.92 Å². The third kappa shape index (κ3) is 3.17. The summed E-state index contributed by atoms with van der Waals surface area (Å²) in [6, 6.07) is 9.29. The van der Waals surface area contributed by atoms with Crippen LogP contribution in [0.4, 0.5) is 0 Å². The van der Waals surface area contributed by atoms with Gasteiger partial charge in [-0.15, -0.1) is 0 Å². The molecule has 1 heterocycles. The summed E-state index contributed by atoms with van der Waals surface area (Å²) in [7, 11) is 0. The van der Waals surface area contributed by atoms with E-state index in [-0.39, 0.29) is 5.84 Å². The first-order chi connectivity index (χ1) is 9.63. The van der Waals surface area contributed by atoms with Crippen LogP contribution < -0.4 is 10.5 Å². The van der Waals surface area contributed by atoms with Gasteiger partial charge in [0, 0.05) is 12.1 Å². The number of nitrogen functional groups attached to an aromatic ring is 1. The van der Waals surface area contributed by atoms with Crippen molar-refractivity contribution in [2.45, 2.75) is 33.4 Å². The van der Waals surface area contributed by atoms with Crippen LogP contribution in [0, 0.1) is 5.41 Å². The van der Waals surface area contributed by atoms with Gasteiger partial charge in [0.2, 0.25) is 0 Å². The number of rotatable bonds is 6. The van der Waals surface area contributed by atoms with Gasteiger partial charge < -0.3 is 10.5 Å². The molecular formula is C15H20N4O. The summed E-state index contributed by atoms with van der Waals surface area (Å²) >= 11 is 0. The third-order valence-corrected chi connectivity index (χ3v) is 3.13. The Morgan fingerprint density at radius 3 is 2.55 bits per heavy atom. The zero-order valence-corrected chi connectivity index (χ0v) is 11.9. The first kappa shape index (κ1) is 14.1. The molecule has 0 aliphatic rings. The van der Waals surface area contributed by atoms with Crippen molar-refractivity contribution in [3.8, 4) is 5.75 Å². The van der Waals surface area contributed by atoms with Crippen LogP contribution in [0.2, 0.25) is 0 Å². The molecule has 1 aromatic heterocycles. The monoisotopic (exact) mass is 272 g/mol. The number of nitrogens with two attached hydrogens (primary N) is 1. The zero-order chi connectivity index (χ0) is 14.5. The molecule has 0 spiro atoms. The summed E-state index contributed by atoms with van der Waals surface area (Å²) in [6.45, 7) is 5.48. The molecular weight excluding hydrogens is 252 g/mol. The summed E-state index contributed by atoms with van der Waals surface area (Å²) in [4.78, 5) is 0. The SMILES string of the molecule is CCc1cc(COc2ccc(C(=N)N)cc2)n(CC)n1. The highest BCUT2D eigenvalue weighted by Gasteiger charge is 2.06. The van der Waals surface area contributed by atoms with Gasteiger partial charge in [0.15, 0.2) is 0 Å². The number of ether oxygens (including phenoxy) is 1. The van der Waals surface area contributed by atoms with E-state index in [1.165, 1.54) is 0 Å². The van der Waals surface area contributed by atoms with Crippen molar-refractivity contribution in [3.05, 3.63) is 47.3 Å². The molecule has 5 nitrogen and oxygen atoms in total. The van der Waals surface area contributed by atoms with E-state index in [1.807, 2.05) is 16.8 Å². The Hall–Kier alpha value is -2.30.